The Morgan fingerprint density at radius 3 is 2.45 bits per heavy atom. The normalized spacial score (nSPS) is 19.0. The van der Waals surface area contributed by atoms with Gasteiger partial charge in [0, 0.05) is 50.4 Å². The van der Waals surface area contributed by atoms with E-state index in [9.17, 15) is 4.79 Å². The van der Waals surface area contributed by atoms with E-state index >= 15 is 0 Å². The molecule has 0 atom stereocenters. The summed E-state index contributed by atoms with van der Waals surface area (Å²) in [7, 11) is 0. The fourth-order valence-corrected chi connectivity index (χ4v) is 4.74. The molecule has 5 nitrogen and oxygen atoms in total. The van der Waals surface area contributed by atoms with E-state index in [0.717, 1.165) is 44.8 Å². The standard InChI is InChI=1S/C26H35N3O2/c1-4-29-19-22-7-5-6-8-24(22)27-26(17-25(29)30)13-15-28(16-14-26)18-21-9-11-23(12-10-21)31-20(2)3/h5-12,20,27H,4,13-19H2,1-3H3. The van der Waals surface area contributed by atoms with Crippen LogP contribution in [0.25, 0.3) is 0 Å². The van der Waals surface area contributed by atoms with Crippen LogP contribution in [-0.4, -0.2) is 47.0 Å². The van der Waals surface area contributed by atoms with Gasteiger partial charge in [0.15, 0.2) is 0 Å². The Bertz CT molecular complexity index is 886. The van der Waals surface area contributed by atoms with Crippen LogP contribution in [0.2, 0.25) is 0 Å². The molecule has 1 amide bonds. The van der Waals surface area contributed by atoms with E-state index in [2.05, 4.69) is 65.7 Å². The van der Waals surface area contributed by atoms with Gasteiger partial charge in [0.25, 0.3) is 0 Å². The van der Waals surface area contributed by atoms with Crippen molar-refractivity contribution in [3.05, 3.63) is 59.7 Å². The van der Waals surface area contributed by atoms with Crippen LogP contribution in [0, 0.1) is 0 Å². The second-order valence-corrected chi connectivity index (χ2v) is 9.23. The number of anilines is 1. The van der Waals surface area contributed by atoms with Crippen LogP contribution in [-0.2, 0) is 17.9 Å². The first-order chi connectivity index (χ1) is 15.0. The number of fused-ring (bicyclic) bond motifs is 1. The molecule has 1 N–H and O–H groups in total. The predicted octanol–water partition coefficient (Wildman–Crippen LogP) is 4.67. The molecule has 4 rings (SSSR count). The first kappa shape index (κ1) is 21.7. The van der Waals surface area contributed by atoms with Crippen molar-refractivity contribution in [3.8, 4) is 5.75 Å². The van der Waals surface area contributed by atoms with E-state index in [1.54, 1.807) is 0 Å². The number of hydrogen-bond donors (Lipinski definition) is 1. The van der Waals surface area contributed by atoms with Crippen molar-refractivity contribution in [1.29, 1.82) is 0 Å². The summed E-state index contributed by atoms with van der Waals surface area (Å²) in [6.45, 7) is 10.5. The number of likely N-dealkylation sites (tertiary alicyclic amines) is 1. The van der Waals surface area contributed by atoms with Gasteiger partial charge in [-0.3, -0.25) is 9.69 Å². The summed E-state index contributed by atoms with van der Waals surface area (Å²) < 4.78 is 5.76. The Balaban J connectivity index is 1.43. The fraction of sp³-hybridized carbons (Fsp3) is 0.500. The highest BCUT2D eigenvalue weighted by molar-refractivity contribution is 5.79. The zero-order chi connectivity index (χ0) is 21.8. The third-order valence-corrected chi connectivity index (χ3v) is 6.52. The van der Waals surface area contributed by atoms with Crippen LogP contribution in [0.5, 0.6) is 5.75 Å². The average molecular weight is 422 g/mol. The molecule has 1 saturated heterocycles. The van der Waals surface area contributed by atoms with Gasteiger partial charge >= 0.3 is 0 Å². The molecule has 2 aromatic rings. The minimum atomic E-state index is -0.160. The molecule has 0 unspecified atom stereocenters. The van der Waals surface area contributed by atoms with E-state index in [1.807, 2.05) is 18.7 Å². The highest BCUT2D eigenvalue weighted by Crippen LogP contribution is 2.35. The fourth-order valence-electron chi connectivity index (χ4n) is 4.74. The maximum atomic E-state index is 13.0. The summed E-state index contributed by atoms with van der Waals surface area (Å²) in [6.07, 6.45) is 2.71. The minimum Gasteiger partial charge on any atom is -0.491 e. The summed E-state index contributed by atoms with van der Waals surface area (Å²) in [4.78, 5) is 17.5. The molecular formula is C26H35N3O2. The number of rotatable bonds is 5. The highest BCUT2D eigenvalue weighted by atomic mass is 16.5. The van der Waals surface area contributed by atoms with Crippen LogP contribution in [0.3, 0.4) is 0 Å². The SMILES string of the molecule is CCN1Cc2ccccc2NC2(CCN(Cc3ccc(OC(C)C)cc3)CC2)CC1=O. The number of hydrogen-bond acceptors (Lipinski definition) is 4. The molecule has 166 valence electrons. The molecular weight excluding hydrogens is 386 g/mol. The van der Waals surface area contributed by atoms with Gasteiger partial charge in [0.1, 0.15) is 5.75 Å². The highest BCUT2D eigenvalue weighted by Gasteiger charge is 2.39. The molecule has 0 aliphatic carbocycles. The van der Waals surface area contributed by atoms with Gasteiger partial charge in [-0.15, -0.1) is 0 Å². The lowest BCUT2D eigenvalue weighted by Crippen LogP contribution is -2.53. The summed E-state index contributed by atoms with van der Waals surface area (Å²) in [6, 6.07) is 16.9. The van der Waals surface area contributed by atoms with E-state index in [0.29, 0.717) is 13.0 Å². The van der Waals surface area contributed by atoms with Crippen LogP contribution < -0.4 is 10.1 Å². The Hall–Kier alpha value is -2.53. The lowest BCUT2D eigenvalue weighted by atomic mass is 9.82. The maximum absolute atomic E-state index is 13.0. The number of carbonyl (C=O) groups is 1. The van der Waals surface area contributed by atoms with Crippen molar-refractivity contribution in [3.63, 3.8) is 0 Å². The van der Waals surface area contributed by atoms with Gasteiger partial charge in [-0.05, 0) is 62.9 Å². The molecule has 2 aromatic carbocycles. The number of amides is 1. The summed E-state index contributed by atoms with van der Waals surface area (Å²) in [5.41, 5.74) is 3.54. The molecule has 1 fully saturated rings. The topological polar surface area (TPSA) is 44.8 Å². The first-order valence-corrected chi connectivity index (χ1v) is 11.6. The minimum absolute atomic E-state index is 0.160. The van der Waals surface area contributed by atoms with Crippen molar-refractivity contribution in [1.82, 2.24) is 9.80 Å². The molecule has 1 spiro atoms. The van der Waals surface area contributed by atoms with Crippen molar-refractivity contribution in [2.45, 2.75) is 64.8 Å². The molecule has 0 bridgehead atoms. The Labute approximate surface area is 186 Å². The average Bonchev–Trinajstić information content (AvgIpc) is 2.75. The number of carbonyl (C=O) groups excluding carboxylic acids is 1. The number of nitrogens with zero attached hydrogens (tertiary/aromatic N) is 2. The number of nitrogens with one attached hydrogen (secondary N) is 1. The summed E-state index contributed by atoms with van der Waals surface area (Å²) in [5, 5.41) is 3.81. The number of benzene rings is 2. The Kier molecular flexibility index (Phi) is 6.51. The second-order valence-electron chi connectivity index (χ2n) is 9.23. The summed E-state index contributed by atoms with van der Waals surface area (Å²) in [5.74, 6) is 1.19. The Morgan fingerprint density at radius 2 is 1.77 bits per heavy atom. The van der Waals surface area contributed by atoms with Gasteiger partial charge in [-0.2, -0.15) is 0 Å². The van der Waals surface area contributed by atoms with Gasteiger partial charge in [-0.1, -0.05) is 30.3 Å². The predicted molar refractivity (Wildman–Crippen MR) is 125 cm³/mol. The van der Waals surface area contributed by atoms with Gasteiger partial charge in [-0.25, -0.2) is 0 Å². The first-order valence-electron chi connectivity index (χ1n) is 11.6. The van der Waals surface area contributed by atoms with Gasteiger partial charge in [0.05, 0.1) is 6.10 Å². The zero-order valence-electron chi connectivity index (χ0n) is 19.1. The van der Waals surface area contributed by atoms with Crippen molar-refractivity contribution >= 4 is 11.6 Å². The lowest BCUT2D eigenvalue weighted by molar-refractivity contribution is -0.133. The molecule has 5 heteroatoms. The largest absolute Gasteiger partial charge is 0.491 e. The smallest absolute Gasteiger partial charge is 0.225 e. The van der Waals surface area contributed by atoms with Crippen molar-refractivity contribution < 1.29 is 9.53 Å². The maximum Gasteiger partial charge on any atom is 0.225 e. The zero-order valence-corrected chi connectivity index (χ0v) is 19.1. The van der Waals surface area contributed by atoms with Crippen LogP contribution >= 0.6 is 0 Å². The third-order valence-electron chi connectivity index (χ3n) is 6.52. The van der Waals surface area contributed by atoms with E-state index in [1.165, 1.54) is 16.8 Å². The van der Waals surface area contributed by atoms with E-state index < -0.39 is 0 Å². The quantitative estimate of drug-likeness (QED) is 0.762. The van der Waals surface area contributed by atoms with Gasteiger partial charge < -0.3 is 15.0 Å². The number of piperidine rings is 1. The second kappa shape index (κ2) is 9.31. The lowest BCUT2D eigenvalue weighted by Gasteiger charge is -2.45. The van der Waals surface area contributed by atoms with Gasteiger partial charge in [0.2, 0.25) is 5.91 Å². The third kappa shape index (κ3) is 5.21. The van der Waals surface area contributed by atoms with E-state index in [4.69, 9.17) is 4.74 Å². The monoisotopic (exact) mass is 421 g/mol. The molecule has 2 aliphatic heterocycles. The molecule has 0 saturated carbocycles. The number of para-hydroxylation sites is 1. The summed E-state index contributed by atoms with van der Waals surface area (Å²) >= 11 is 0. The van der Waals surface area contributed by atoms with Crippen LogP contribution in [0.15, 0.2) is 48.5 Å². The van der Waals surface area contributed by atoms with Crippen LogP contribution in [0.1, 0.15) is 51.2 Å². The van der Waals surface area contributed by atoms with Crippen molar-refractivity contribution in [2.75, 3.05) is 25.0 Å². The van der Waals surface area contributed by atoms with E-state index in [-0.39, 0.29) is 17.6 Å². The molecule has 2 aliphatic rings. The van der Waals surface area contributed by atoms with Crippen molar-refractivity contribution in [2.24, 2.45) is 0 Å². The molecule has 2 heterocycles. The Morgan fingerprint density at radius 1 is 1.06 bits per heavy atom. The number of ether oxygens (including phenoxy) is 1. The molecule has 0 radical (unpaired) electrons. The van der Waals surface area contributed by atoms with Crippen LogP contribution in [0.4, 0.5) is 5.69 Å². The molecule has 0 aromatic heterocycles. The molecule has 31 heavy (non-hydrogen) atoms.